The van der Waals surface area contributed by atoms with E-state index in [0.29, 0.717) is 5.82 Å². The van der Waals surface area contributed by atoms with Crippen LogP contribution in [0.1, 0.15) is 37.7 Å². The molecule has 7 nitrogen and oxygen atoms in total. The molecule has 2 aliphatic rings. The van der Waals surface area contributed by atoms with Gasteiger partial charge < -0.3 is 0 Å². The number of nitrogens with zero attached hydrogens (tertiary/aromatic N) is 7. The summed E-state index contributed by atoms with van der Waals surface area (Å²) in [7, 11) is 0. The lowest BCUT2D eigenvalue weighted by Gasteiger charge is -2.21. The standard InChI is InChI=1S/C22H20F3N7/c1-13-10-16-15-11-14(20(2,3)4)6-9-29(15)22(31(16)27-13)30-8-5-7-26-19(30)17-12-18(21(23,24)25)28-32(17)22/h5-12H,1-4H3/q+2. The number of rotatable bonds is 0. The Morgan fingerprint density at radius 3 is 2.41 bits per heavy atom. The highest BCUT2D eigenvalue weighted by Gasteiger charge is 2.68. The second-order valence-corrected chi connectivity index (χ2v) is 9.24. The quantitative estimate of drug-likeness (QED) is 0.342. The smallest absolute Gasteiger partial charge is 0.166 e. The molecule has 0 saturated carbocycles. The summed E-state index contributed by atoms with van der Waals surface area (Å²) >= 11 is 0. The van der Waals surface area contributed by atoms with Crippen LogP contribution in [0, 0.1) is 6.92 Å². The topological polar surface area (TPSA) is 56.3 Å². The molecule has 2 aliphatic heterocycles. The number of aryl methyl sites for hydroxylation is 1. The summed E-state index contributed by atoms with van der Waals surface area (Å²) < 4.78 is 47.8. The predicted octanol–water partition coefficient (Wildman–Crippen LogP) is 2.85. The molecule has 1 spiro atoms. The van der Waals surface area contributed by atoms with E-state index in [4.69, 9.17) is 5.10 Å². The van der Waals surface area contributed by atoms with Crippen molar-refractivity contribution in [3.63, 3.8) is 0 Å². The van der Waals surface area contributed by atoms with Gasteiger partial charge >= 0.3 is 17.9 Å². The molecule has 4 aromatic heterocycles. The second kappa shape index (κ2) is 5.62. The zero-order valence-corrected chi connectivity index (χ0v) is 17.9. The van der Waals surface area contributed by atoms with E-state index in [2.05, 4.69) is 36.9 Å². The van der Waals surface area contributed by atoms with Crippen molar-refractivity contribution >= 4 is 0 Å². The number of halogens is 3. The Morgan fingerprint density at radius 2 is 1.69 bits per heavy atom. The summed E-state index contributed by atoms with van der Waals surface area (Å²) in [5.41, 5.74) is 2.72. The molecule has 4 aromatic rings. The van der Waals surface area contributed by atoms with Crippen LogP contribution in [0.4, 0.5) is 13.2 Å². The van der Waals surface area contributed by atoms with Gasteiger partial charge in [0.25, 0.3) is 0 Å². The molecule has 0 radical (unpaired) electrons. The van der Waals surface area contributed by atoms with E-state index >= 15 is 0 Å². The zero-order valence-electron chi connectivity index (χ0n) is 17.9. The van der Waals surface area contributed by atoms with Gasteiger partial charge in [-0.2, -0.15) is 23.4 Å². The first-order valence-corrected chi connectivity index (χ1v) is 10.2. The van der Waals surface area contributed by atoms with E-state index in [-0.39, 0.29) is 11.1 Å². The highest BCUT2D eigenvalue weighted by Crippen LogP contribution is 2.40. The highest BCUT2D eigenvalue weighted by molar-refractivity contribution is 5.57. The van der Waals surface area contributed by atoms with Crippen molar-refractivity contribution < 1.29 is 22.3 Å². The summed E-state index contributed by atoms with van der Waals surface area (Å²) in [4.78, 5) is 4.40. The Balaban J connectivity index is 1.76. The van der Waals surface area contributed by atoms with Gasteiger partial charge in [-0.05, 0) is 29.0 Å². The Kier molecular flexibility index (Phi) is 3.36. The molecule has 1 atom stereocenters. The van der Waals surface area contributed by atoms with Gasteiger partial charge in [0.1, 0.15) is 18.1 Å². The summed E-state index contributed by atoms with van der Waals surface area (Å²) in [5, 5.41) is 8.75. The molecule has 6 heterocycles. The van der Waals surface area contributed by atoms with Gasteiger partial charge in [-0.15, -0.1) is 18.5 Å². The molecule has 0 fully saturated rings. The van der Waals surface area contributed by atoms with E-state index < -0.39 is 17.8 Å². The number of fused-ring (bicyclic) bond motifs is 10. The molecular formula is C22H20F3N7+2. The van der Waals surface area contributed by atoms with Crippen molar-refractivity contribution in [2.24, 2.45) is 0 Å². The lowest BCUT2D eigenvalue weighted by molar-refractivity contribution is -0.991. The average molecular weight is 439 g/mol. The maximum atomic E-state index is 13.6. The molecule has 0 aromatic carbocycles. The van der Waals surface area contributed by atoms with Gasteiger partial charge in [-0.3, -0.25) is 0 Å². The Bertz CT molecular complexity index is 1420. The van der Waals surface area contributed by atoms with Crippen molar-refractivity contribution in [3.05, 3.63) is 65.9 Å². The number of hydrogen-bond acceptors (Lipinski definition) is 3. The maximum Gasteiger partial charge on any atom is 0.525 e. The van der Waals surface area contributed by atoms with Crippen molar-refractivity contribution in [1.29, 1.82) is 0 Å². The van der Waals surface area contributed by atoms with E-state index in [0.717, 1.165) is 28.7 Å². The molecular weight excluding hydrogens is 419 g/mol. The fourth-order valence-corrected chi connectivity index (χ4v) is 4.66. The van der Waals surface area contributed by atoms with Gasteiger partial charge in [-0.25, -0.2) is 0 Å². The third kappa shape index (κ3) is 2.19. The summed E-state index contributed by atoms with van der Waals surface area (Å²) in [6.45, 7) is 8.23. The van der Waals surface area contributed by atoms with Gasteiger partial charge in [0, 0.05) is 24.3 Å². The Hall–Kier alpha value is -3.56. The minimum Gasteiger partial charge on any atom is -0.166 e. The molecule has 10 heteroatoms. The number of alkyl halides is 3. The molecule has 1 unspecified atom stereocenters. The summed E-state index contributed by atoms with van der Waals surface area (Å²) in [5.74, 6) is -0.938. The van der Waals surface area contributed by atoms with E-state index in [1.165, 1.54) is 4.68 Å². The zero-order chi connectivity index (χ0) is 22.6. The fourth-order valence-electron chi connectivity index (χ4n) is 4.66. The van der Waals surface area contributed by atoms with Gasteiger partial charge in [-0.1, -0.05) is 20.8 Å². The van der Waals surface area contributed by atoms with Crippen molar-refractivity contribution in [2.75, 3.05) is 0 Å². The van der Waals surface area contributed by atoms with Crippen LogP contribution in [0.25, 0.3) is 22.9 Å². The fraction of sp³-hybridized carbons (Fsp3) is 0.318. The van der Waals surface area contributed by atoms with Crippen LogP contribution < -0.4 is 9.13 Å². The Labute approximate surface area is 181 Å². The van der Waals surface area contributed by atoms with E-state index in [9.17, 15) is 13.2 Å². The van der Waals surface area contributed by atoms with Gasteiger partial charge in [0.05, 0.1) is 5.69 Å². The molecule has 0 saturated heterocycles. The number of pyridine rings is 1. The van der Waals surface area contributed by atoms with Gasteiger partial charge in [0.15, 0.2) is 17.6 Å². The summed E-state index contributed by atoms with van der Waals surface area (Å²) in [6.07, 6.45) is 0.676. The lowest BCUT2D eigenvalue weighted by atomic mass is 9.87. The van der Waals surface area contributed by atoms with Crippen molar-refractivity contribution in [1.82, 2.24) is 24.5 Å². The first-order valence-electron chi connectivity index (χ1n) is 10.2. The van der Waals surface area contributed by atoms with Crippen molar-refractivity contribution in [3.8, 4) is 22.9 Å². The highest BCUT2D eigenvalue weighted by atomic mass is 19.4. The number of aromatic nitrogens is 7. The van der Waals surface area contributed by atoms with Crippen LogP contribution in [0.5, 0.6) is 0 Å². The number of hydrogen-bond donors (Lipinski definition) is 0. The van der Waals surface area contributed by atoms with Crippen LogP contribution in [0.15, 0.2) is 48.9 Å². The molecule has 0 amide bonds. The van der Waals surface area contributed by atoms with E-state index in [1.54, 1.807) is 23.1 Å². The SMILES string of the molecule is Cc1cc2n(n1)C1(n3nc(C(F)(F)F)cc3-c3nccc[n+]31)[n+]1ccc(C(C)(C)C)cc1-2. The predicted molar refractivity (Wildman–Crippen MR) is 106 cm³/mol. The molecule has 0 N–H and O–H groups in total. The van der Waals surface area contributed by atoms with Crippen LogP contribution >= 0.6 is 0 Å². The third-order valence-corrected chi connectivity index (χ3v) is 6.10. The normalized spacial score (nSPS) is 18.6. The summed E-state index contributed by atoms with van der Waals surface area (Å²) in [6, 6.07) is 8.81. The maximum absolute atomic E-state index is 13.6. The van der Waals surface area contributed by atoms with Crippen LogP contribution in [0.3, 0.4) is 0 Å². The minimum atomic E-state index is -4.58. The lowest BCUT2D eigenvalue weighted by Crippen LogP contribution is -2.77. The average Bonchev–Trinajstić information content (AvgIpc) is 3.42. The monoisotopic (exact) mass is 439 g/mol. The van der Waals surface area contributed by atoms with Crippen LogP contribution in [-0.4, -0.2) is 24.5 Å². The molecule has 162 valence electrons. The van der Waals surface area contributed by atoms with Crippen LogP contribution in [-0.2, 0) is 17.5 Å². The van der Waals surface area contributed by atoms with Gasteiger partial charge in [0.2, 0.25) is 5.69 Å². The Morgan fingerprint density at radius 1 is 0.938 bits per heavy atom. The second-order valence-electron chi connectivity index (χ2n) is 9.24. The van der Waals surface area contributed by atoms with Crippen molar-refractivity contribution in [2.45, 2.75) is 45.2 Å². The largest absolute Gasteiger partial charge is 0.525 e. The van der Waals surface area contributed by atoms with Crippen LogP contribution in [0.2, 0.25) is 0 Å². The third-order valence-electron chi connectivity index (χ3n) is 6.10. The first kappa shape index (κ1) is 19.1. The minimum absolute atomic E-state index is 0.103. The molecule has 32 heavy (non-hydrogen) atoms. The first-order chi connectivity index (χ1) is 15.0. The molecule has 6 rings (SSSR count). The van der Waals surface area contributed by atoms with E-state index in [1.807, 2.05) is 34.4 Å². The molecule has 0 bridgehead atoms. The molecule has 0 aliphatic carbocycles.